The van der Waals surface area contributed by atoms with Crippen LogP contribution in [0.15, 0.2) is 48.5 Å². The van der Waals surface area contributed by atoms with Gasteiger partial charge in [0, 0.05) is 18.0 Å². The quantitative estimate of drug-likeness (QED) is 0.639. The van der Waals surface area contributed by atoms with Gasteiger partial charge in [0.2, 0.25) is 5.91 Å². The van der Waals surface area contributed by atoms with Crippen LogP contribution in [0.5, 0.6) is 0 Å². The third kappa shape index (κ3) is 3.20. The van der Waals surface area contributed by atoms with Gasteiger partial charge >= 0.3 is 0 Å². The lowest BCUT2D eigenvalue weighted by Crippen LogP contribution is -2.23. The Morgan fingerprint density at radius 3 is 2.61 bits per heavy atom. The molecule has 28 heavy (non-hydrogen) atoms. The number of hydrogen-bond acceptors (Lipinski definition) is 3. The molecule has 3 aromatic rings. The van der Waals surface area contributed by atoms with E-state index in [4.69, 9.17) is 0 Å². The van der Waals surface area contributed by atoms with Crippen molar-refractivity contribution in [3.63, 3.8) is 0 Å². The zero-order valence-corrected chi connectivity index (χ0v) is 16.3. The van der Waals surface area contributed by atoms with Crippen molar-refractivity contribution in [1.29, 1.82) is 0 Å². The fourth-order valence-electron chi connectivity index (χ4n) is 3.64. The van der Waals surface area contributed by atoms with E-state index < -0.39 is 5.92 Å². The Labute approximate surface area is 166 Å². The van der Waals surface area contributed by atoms with Crippen molar-refractivity contribution in [2.45, 2.75) is 26.2 Å². The summed E-state index contributed by atoms with van der Waals surface area (Å²) in [6.45, 7) is 3.78. The first-order chi connectivity index (χ1) is 13.5. The standard InChI is InChI=1S/C22H19FN2O2S/c1-12-7-3-6-10-17(12)24-21(27)20-13(2)19-15(11-18(26)25-22(19)28-20)14-8-4-5-9-16(14)23/h3-10,15H,11H2,1-2H3,(H,24,27)(H,25,26)/t15-/m0/s1. The van der Waals surface area contributed by atoms with Crippen LogP contribution in [-0.4, -0.2) is 11.8 Å². The number of halogens is 1. The second-order valence-corrected chi connectivity index (χ2v) is 7.92. The minimum Gasteiger partial charge on any atom is -0.321 e. The number of rotatable bonds is 3. The zero-order chi connectivity index (χ0) is 19.8. The van der Waals surface area contributed by atoms with Crippen LogP contribution in [0.3, 0.4) is 0 Å². The van der Waals surface area contributed by atoms with Gasteiger partial charge < -0.3 is 10.6 Å². The summed E-state index contributed by atoms with van der Waals surface area (Å²) in [5.74, 6) is -1.15. The van der Waals surface area contributed by atoms with Crippen molar-refractivity contribution in [3.8, 4) is 0 Å². The molecule has 0 aliphatic carbocycles. The molecule has 2 heterocycles. The molecular formula is C22H19FN2O2S. The number of anilines is 2. The molecule has 1 aromatic heterocycles. The lowest BCUT2D eigenvalue weighted by Gasteiger charge is -2.24. The van der Waals surface area contributed by atoms with Gasteiger partial charge in [-0.25, -0.2) is 4.39 Å². The van der Waals surface area contributed by atoms with Crippen molar-refractivity contribution in [1.82, 2.24) is 0 Å². The Morgan fingerprint density at radius 1 is 1.14 bits per heavy atom. The highest BCUT2D eigenvalue weighted by Crippen LogP contribution is 2.45. The third-order valence-corrected chi connectivity index (χ3v) is 6.29. The average molecular weight is 394 g/mol. The normalized spacial score (nSPS) is 15.7. The van der Waals surface area contributed by atoms with Crippen LogP contribution < -0.4 is 10.6 Å². The number of amides is 2. The molecule has 0 spiro atoms. The molecule has 1 aliphatic heterocycles. The van der Waals surface area contributed by atoms with Crippen molar-refractivity contribution in [3.05, 3.63) is 81.5 Å². The summed E-state index contributed by atoms with van der Waals surface area (Å²) in [5.41, 5.74) is 3.79. The number of carbonyl (C=O) groups excluding carboxylic acids is 2. The van der Waals surface area contributed by atoms with E-state index in [-0.39, 0.29) is 24.1 Å². The van der Waals surface area contributed by atoms with Gasteiger partial charge in [0.1, 0.15) is 5.82 Å². The molecule has 0 unspecified atom stereocenters. The lowest BCUT2D eigenvalue weighted by atomic mass is 9.84. The molecule has 1 aliphatic rings. The van der Waals surface area contributed by atoms with E-state index >= 15 is 0 Å². The summed E-state index contributed by atoms with van der Waals surface area (Å²) in [6, 6.07) is 14.0. The minimum absolute atomic E-state index is 0.157. The van der Waals surface area contributed by atoms with Gasteiger partial charge in [-0.1, -0.05) is 36.4 Å². The molecule has 0 radical (unpaired) electrons. The molecule has 1 atom stereocenters. The molecule has 2 amide bonds. The average Bonchev–Trinajstić information content (AvgIpc) is 3.00. The van der Waals surface area contributed by atoms with Crippen LogP contribution in [0.4, 0.5) is 15.1 Å². The summed E-state index contributed by atoms with van der Waals surface area (Å²) in [5, 5.41) is 6.41. The molecule has 0 fully saturated rings. The van der Waals surface area contributed by atoms with Gasteiger partial charge in [-0.05, 0) is 48.2 Å². The van der Waals surface area contributed by atoms with Crippen LogP contribution >= 0.6 is 11.3 Å². The van der Waals surface area contributed by atoms with Crippen molar-refractivity contribution in [2.24, 2.45) is 0 Å². The molecule has 2 N–H and O–H groups in total. The Morgan fingerprint density at radius 2 is 1.86 bits per heavy atom. The molecule has 0 bridgehead atoms. The maximum absolute atomic E-state index is 14.4. The highest BCUT2D eigenvalue weighted by molar-refractivity contribution is 7.18. The van der Waals surface area contributed by atoms with Gasteiger partial charge in [-0.2, -0.15) is 0 Å². The predicted molar refractivity (Wildman–Crippen MR) is 110 cm³/mol. The maximum Gasteiger partial charge on any atom is 0.266 e. The highest BCUT2D eigenvalue weighted by Gasteiger charge is 2.34. The predicted octanol–water partition coefficient (Wildman–Crippen LogP) is 5.23. The Hall–Kier alpha value is -2.99. The maximum atomic E-state index is 14.4. The molecule has 2 aromatic carbocycles. The number of thiophene rings is 1. The zero-order valence-electron chi connectivity index (χ0n) is 15.5. The van der Waals surface area contributed by atoms with E-state index in [1.54, 1.807) is 18.2 Å². The summed E-state index contributed by atoms with van der Waals surface area (Å²) in [4.78, 5) is 25.7. The van der Waals surface area contributed by atoms with E-state index in [2.05, 4.69) is 10.6 Å². The molecule has 4 nitrogen and oxygen atoms in total. The van der Waals surface area contributed by atoms with Gasteiger partial charge in [-0.3, -0.25) is 9.59 Å². The fourth-order valence-corrected chi connectivity index (χ4v) is 4.82. The number of nitrogens with one attached hydrogen (secondary N) is 2. The number of para-hydroxylation sites is 1. The first kappa shape index (κ1) is 18.4. The SMILES string of the molecule is Cc1ccccc1NC(=O)c1sc2c(c1C)[C@H](c1ccccc1F)CC(=O)N2. The van der Waals surface area contributed by atoms with Crippen LogP contribution in [-0.2, 0) is 4.79 Å². The van der Waals surface area contributed by atoms with Crippen molar-refractivity contribution in [2.75, 3.05) is 10.6 Å². The Balaban J connectivity index is 1.74. The first-order valence-corrected chi connectivity index (χ1v) is 9.82. The monoisotopic (exact) mass is 394 g/mol. The largest absolute Gasteiger partial charge is 0.321 e. The Kier molecular flexibility index (Phi) is 4.73. The van der Waals surface area contributed by atoms with Gasteiger partial charge in [0.15, 0.2) is 0 Å². The van der Waals surface area contributed by atoms with Gasteiger partial charge in [0.05, 0.1) is 9.88 Å². The molecule has 6 heteroatoms. The molecule has 4 rings (SSSR count). The van der Waals surface area contributed by atoms with Crippen LogP contribution in [0.1, 0.15) is 44.3 Å². The smallest absolute Gasteiger partial charge is 0.266 e. The van der Waals surface area contributed by atoms with E-state index in [0.29, 0.717) is 15.4 Å². The van der Waals surface area contributed by atoms with Crippen molar-refractivity contribution >= 4 is 33.8 Å². The highest BCUT2D eigenvalue weighted by atomic mass is 32.1. The lowest BCUT2D eigenvalue weighted by molar-refractivity contribution is -0.116. The number of hydrogen-bond donors (Lipinski definition) is 2. The van der Waals surface area contributed by atoms with Gasteiger partial charge in [0.25, 0.3) is 5.91 Å². The fraction of sp³-hybridized carbons (Fsp3) is 0.182. The first-order valence-electron chi connectivity index (χ1n) is 9.00. The van der Waals surface area contributed by atoms with Crippen LogP contribution in [0, 0.1) is 19.7 Å². The third-order valence-electron chi connectivity index (χ3n) is 5.06. The van der Waals surface area contributed by atoms with E-state index in [1.807, 2.05) is 38.1 Å². The minimum atomic E-state index is -0.402. The van der Waals surface area contributed by atoms with E-state index in [9.17, 15) is 14.0 Å². The molecular weight excluding hydrogens is 375 g/mol. The van der Waals surface area contributed by atoms with Gasteiger partial charge in [-0.15, -0.1) is 11.3 Å². The van der Waals surface area contributed by atoms with Crippen LogP contribution in [0.2, 0.25) is 0 Å². The van der Waals surface area contributed by atoms with Crippen LogP contribution in [0.25, 0.3) is 0 Å². The molecule has 0 saturated carbocycles. The van der Waals surface area contributed by atoms with E-state index in [0.717, 1.165) is 22.4 Å². The molecule has 0 saturated heterocycles. The van der Waals surface area contributed by atoms with Crippen molar-refractivity contribution < 1.29 is 14.0 Å². The number of aryl methyl sites for hydroxylation is 1. The second kappa shape index (κ2) is 7.20. The van der Waals surface area contributed by atoms with E-state index in [1.165, 1.54) is 17.4 Å². The summed E-state index contributed by atoms with van der Waals surface area (Å²) >= 11 is 1.24. The summed E-state index contributed by atoms with van der Waals surface area (Å²) in [6.07, 6.45) is 0.157. The summed E-state index contributed by atoms with van der Waals surface area (Å²) in [7, 11) is 0. The molecule has 142 valence electrons. The summed E-state index contributed by atoms with van der Waals surface area (Å²) < 4.78 is 14.4. The Bertz CT molecular complexity index is 1090. The number of fused-ring (bicyclic) bond motifs is 1. The number of benzene rings is 2. The number of carbonyl (C=O) groups is 2. The topological polar surface area (TPSA) is 58.2 Å². The second-order valence-electron chi connectivity index (χ2n) is 6.89.